The van der Waals surface area contributed by atoms with Gasteiger partial charge in [-0.3, -0.25) is 0 Å². The first kappa shape index (κ1) is 19.7. The van der Waals surface area contributed by atoms with Crippen molar-refractivity contribution < 1.29 is 19.4 Å². The summed E-state index contributed by atoms with van der Waals surface area (Å²) < 4.78 is 11.1. The van der Waals surface area contributed by atoms with Crippen molar-refractivity contribution in [3.05, 3.63) is 78.1 Å². The lowest BCUT2D eigenvalue weighted by atomic mass is 10.00. The molecule has 1 atom stereocenters. The fraction of sp³-hybridized carbons (Fsp3) is 0.0870. The molecule has 30 heavy (non-hydrogen) atoms. The Kier molecular flexibility index (Phi) is 5.50. The number of halogens is 1. The number of carboxylic acids is 1. The summed E-state index contributed by atoms with van der Waals surface area (Å²) in [5, 5.41) is 11.6. The second kappa shape index (κ2) is 8.39. The Morgan fingerprint density at radius 1 is 1.00 bits per heavy atom. The van der Waals surface area contributed by atoms with Crippen LogP contribution in [0.5, 0.6) is 17.5 Å². The maximum Gasteiger partial charge on any atom is 0.344 e. The van der Waals surface area contributed by atoms with E-state index >= 15 is 0 Å². The molecule has 0 saturated carbocycles. The average Bonchev–Trinajstić information content (AvgIpc) is 2.75. The fourth-order valence-electron chi connectivity index (χ4n) is 2.95. The molecule has 1 unspecified atom stereocenters. The SMILES string of the molecule is CC(Oc1ccc2cccc(-c3cnc(Oc4ccc(Cl)cc4)nc3)c2c1)C(=O)O. The van der Waals surface area contributed by atoms with Gasteiger partial charge in [-0.2, -0.15) is 0 Å². The van der Waals surface area contributed by atoms with E-state index in [-0.39, 0.29) is 6.01 Å². The molecule has 0 spiro atoms. The third kappa shape index (κ3) is 4.34. The monoisotopic (exact) mass is 420 g/mol. The molecule has 0 aliphatic heterocycles. The van der Waals surface area contributed by atoms with Crippen LogP contribution in [0.15, 0.2) is 73.1 Å². The molecule has 0 bridgehead atoms. The zero-order chi connectivity index (χ0) is 21.1. The van der Waals surface area contributed by atoms with Crippen LogP contribution in [0.1, 0.15) is 6.92 Å². The lowest BCUT2D eigenvalue weighted by Crippen LogP contribution is -2.22. The van der Waals surface area contributed by atoms with Crippen molar-refractivity contribution in [3.8, 4) is 28.6 Å². The third-order valence-electron chi connectivity index (χ3n) is 4.48. The number of aliphatic carboxylic acids is 1. The highest BCUT2D eigenvalue weighted by atomic mass is 35.5. The molecule has 1 aromatic heterocycles. The van der Waals surface area contributed by atoms with Crippen molar-refractivity contribution in [1.29, 1.82) is 0 Å². The number of benzene rings is 3. The standard InChI is InChI=1S/C23H17ClN2O4/c1-14(22(27)28)29-19-8-5-15-3-2-4-20(21(15)11-19)16-12-25-23(26-13-16)30-18-9-6-17(24)7-10-18/h2-14H,1H3,(H,27,28). The van der Waals surface area contributed by atoms with Gasteiger partial charge in [0.2, 0.25) is 0 Å². The molecule has 0 fully saturated rings. The number of nitrogens with zero attached hydrogens (tertiary/aromatic N) is 2. The smallest absolute Gasteiger partial charge is 0.344 e. The van der Waals surface area contributed by atoms with Gasteiger partial charge in [-0.1, -0.05) is 35.9 Å². The Labute approximate surface area is 177 Å². The number of fused-ring (bicyclic) bond motifs is 1. The molecule has 0 aliphatic carbocycles. The van der Waals surface area contributed by atoms with Crippen LogP contribution in [0.4, 0.5) is 0 Å². The minimum Gasteiger partial charge on any atom is -0.479 e. The number of ether oxygens (including phenoxy) is 2. The number of hydrogen-bond donors (Lipinski definition) is 1. The lowest BCUT2D eigenvalue weighted by Gasteiger charge is -2.13. The number of carboxylic acid groups (broad SMARTS) is 1. The number of rotatable bonds is 6. The number of carbonyl (C=O) groups is 1. The molecule has 0 amide bonds. The number of aromatic nitrogens is 2. The summed E-state index contributed by atoms with van der Waals surface area (Å²) in [5.41, 5.74) is 1.70. The fourth-order valence-corrected chi connectivity index (χ4v) is 3.07. The van der Waals surface area contributed by atoms with Gasteiger partial charge < -0.3 is 14.6 Å². The maximum absolute atomic E-state index is 11.1. The zero-order valence-corrected chi connectivity index (χ0v) is 16.7. The Morgan fingerprint density at radius 3 is 2.40 bits per heavy atom. The van der Waals surface area contributed by atoms with Crippen LogP contribution < -0.4 is 9.47 Å². The van der Waals surface area contributed by atoms with Gasteiger partial charge in [0.05, 0.1) is 0 Å². The van der Waals surface area contributed by atoms with Crippen LogP contribution in [0.2, 0.25) is 5.02 Å². The molecule has 7 heteroatoms. The van der Waals surface area contributed by atoms with Crippen LogP contribution in [-0.2, 0) is 4.79 Å². The van der Waals surface area contributed by atoms with Crippen LogP contribution in [-0.4, -0.2) is 27.1 Å². The second-order valence-electron chi connectivity index (χ2n) is 6.60. The van der Waals surface area contributed by atoms with E-state index in [0.29, 0.717) is 16.5 Å². The molecule has 1 heterocycles. The van der Waals surface area contributed by atoms with E-state index in [2.05, 4.69) is 9.97 Å². The normalized spacial score (nSPS) is 11.8. The predicted molar refractivity (Wildman–Crippen MR) is 114 cm³/mol. The first-order valence-corrected chi connectivity index (χ1v) is 9.55. The highest BCUT2D eigenvalue weighted by molar-refractivity contribution is 6.30. The first-order valence-electron chi connectivity index (χ1n) is 9.18. The Morgan fingerprint density at radius 2 is 1.70 bits per heavy atom. The topological polar surface area (TPSA) is 81.5 Å². The van der Waals surface area contributed by atoms with Gasteiger partial charge in [-0.05, 0) is 59.7 Å². The van der Waals surface area contributed by atoms with Crippen LogP contribution in [0.3, 0.4) is 0 Å². The van der Waals surface area contributed by atoms with Crippen molar-refractivity contribution in [2.24, 2.45) is 0 Å². The van der Waals surface area contributed by atoms with Gasteiger partial charge in [0.25, 0.3) is 0 Å². The van der Waals surface area contributed by atoms with Crippen LogP contribution in [0.25, 0.3) is 21.9 Å². The largest absolute Gasteiger partial charge is 0.479 e. The average molecular weight is 421 g/mol. The summed E-state index contributed by atoms with van der Waals surface area (Å²) in [6.45, 7) is 1.49. The molecular weight excluding hydrogens is 404 g/mol. The van der Waals surface area contributed by atoms with E-state index in [4.69, 9.17) is 26.2 Å². The molecule has 6 nitrogen and oxygen atoms in total. The van der Waals surface area contributed by atoms with Crippen molar-refractivity contribution >= 4 is 28.3 Å². The van der Waals surface area contributed by atoms with E-state index in [0.717, 1.165) is 21.9 Å². The van der Waals surface area contributed by atoms with Gasteiger partial charge in [-0.15, -0.1) is 0 Å². The minimum absolute atomic E-state index is 0.223. The van der Waals surface area contributed by atoms with Gasteiger partial charge in [0, 0.05) is 23.0 Å². The van der Waals surface area contributed by atoms with Crippen molar-refractivity contribution in [3.63, 3.8) is 0 Å². The molecule has 4 aromatic rings. The maximum atomic E-state index is 11.1. The second-order valence-corrected chi connectivity index (χ2v) is 7.03. The highest BCUT2D eigenvalue weighted by Gasteiger charge is 2.13. The number of hydrogen-bond acceptors (Lipinski definition) is 5. The summed E-state index contributed by atoms with van der Waals surface area (Å²) in [4.78, 5) is 19.7. The molecule has 4 rings (SSSR count). The van der Waals surface area contributed by atoms with E-state index in [1.165, 1.54) is 6.92 Å². The van der Waals surface area contributed by atoms with Crippen molar-refractivity contribution in [1.82, 2.24) is 9.97 Å². The molecular formula is C23H17ClN2O4. The van der Waals surface area contributed by atoms with Crippen LogP contribution >= 0.6 is 11.6 Å². The molecule has 0 aliphatic rings. The summed E-state index contributed by atoms with van der Waals surface area (Å²) >= 11 is 5.88. The molecule has 0 radical (unpaired) electrons. The van der Waals surface area contributed by atoms with Crippen LogP contribution in [0, 0.1) is 0 Å². The van der Waals surface area contributed by atoms with E-state index in [1.807, 2.05) is 30.3 Å². The summed E-state index contributed by atoms with van der Waals surface area (Å²) in [7, 11) is 0. The van der Waals surface area contributed by atoms with Crippen molar-refractivity contribution in [2.75, 3.05) is 0 Å². The van der Waals surface area contributed by atoms with E-state index in [9.17, 15) is 4.79 Å². The van der Waals surface area contributed by atoms with Gasteiger partial charge in [0.15, 0.2) is 6.10 Å². The van der Waals surface area contributed by atoms with E-state index < -0.39 is 12.1 Å². The van der Waals surface area contributed by atoms with E-state index in [1.54, 1.807) is 42.7 Å². The predicted octanol–water partition coefficient (Wildman–Crippen LogP) is 5.59. The quantitative estimate of drug-likeness (QED) is 0.437. The Hall–Kier alpha value is -3.64. The zero-order valence-electron chi connectivity index (χ0n) is 15.9. The van der Waals surface area contributed by atoms with Gasteiger partial charge >= 0.3 is 12.0 Å². The van der Waals surface area contributed by atoms with Gasteiger partial charge in [-0.25, -0.2) is 14.8 Å². The van der Waals surface area contributed by atoms with Crippen molar-refractivity contribution in [2.45, 2.75) is 13.0 Å². The summed E-state index contributed by atoms with van der Waals surface area (Å²) in [6, 6.07) is 18.5. The summed E-state index contributed by atoms with van der Waals surface area (Å²) in [6.07, 6.45) is 2.42. The summed E-state index contributed by atoms with van der Waals surface area (Å²) in [5.74, 6) is 0.0492. The highest BCUT2D eigenvalue weighted by Crippen LogP contribution is 2.31. The van der Waals surface area contributed by atoms with Gasteiger partial charge in [0.1, 0.15) is 11.5 Å². The molecule has 1 N–H and O–H groups in total. The first-order chi connectivity index (χ1) is 14.5. The third-order valence-corrected chi connectivity index (χ3v) is 4.73. The molecule has 0 saturated heterocycles. The lowest BCUT2D eigenvalue weighted by molar-refractivity contribution is -0.144. The minimum atomic E-state index is -1.02. The Balaban J connectivity index is 1.63. The molecule has 150 valence electrons. The molecule has 3 aromatic carbocycles. The Bertz CT molecular complexity index is 1190.